The highest BCUT2D eigenvalue weighted by molar-refractivity contribution is 6.20. The lowest BCUT2D eigenvalue weighted by atomic mass is 9.64. The summed E-state index contributed by atoms with van der Waals surface area (Å²) in [4.78, 5) is 18.3. The first-order valence-electron chi connectivity index (χ1n) is 21.9. The maximum atomic E-state index is 5.50. The van der Waals surface area contributed by atoms with Crippen molar-refractivity contribution in [2.24, 2.45) is 0 Å². The second-order valence-corrected chi connectivity index (χ2v) is 16.7. The largest absolute Gasteiger partial charge is 0.310 e. The normalized spacial score (nSPS) is 13.1. The highest BCUT2D eigenvalue weighted by Crippen LogP contribution is 2.64. The Labute approximate surface area is 371 Å². The van der Waals surface area contributed by atoms with Gasteiger partial charge < -0.3 is 4.90 Å². The van der Waals surface area contributed by atoms with Gasteiger partial charge in [-0.25, -0.2) is 15.0 Å². The molecule has 1 aliphatic heterocycles. The van der Waals surface area contributed by atoms with Crippen molar-refractivity contribution in [1.29, 1.82) is 0 Å². The molecule has 0 fully saturated rings. The van der Waals surface area contributed by atoms with Gasteiger partial charge in [0, 0.05) is 44.1 Å². The smallest absolute Gasteiger partial charge is 0.160 e. The van der Waals surface area contributed by atoms with Gasteiger partial charge in [0.05, 0.1) is 39.4 Å². The molecule has 64 heavy (non-hydrogen) atoms. The Kier molecular flexibility index (Phi) is 8.09. The summed E-state index contributed by atoms with van der Waals surface area (Å²) in [7, 11) is 0. The summed E-state index contributed by atoms with van der Waals surface area (Å²) in [5.41, 5.74) is 18.2. The van der Waals surface area contributed by atoms with E-state index in [0.717, 1.165) is 61.3 Å². The standard InChI is InChI=1S/C60H38N4/c1-5-19-39(20-6-1)52-38-53(63-59(62-52)41-23-9-3-10-24-41)42-33-36-51-46(37-42)56-45(58(61-51)40-21-7-2-8-22-40)34-35-50-57(56)44-27-13-14-28-47(44)60(50)48-29-15-17-31-54(48)64(43-25-11-4-12-26-43)55-32-18-16-30-49(55)60/h1-38H. The topological polar surface area (TPSA) is 41.9 Å². The molecule has 0 unspecified atom stereocenters. The molecular formula is C60H38N4. The predicted octanol–water partition coefficient (Wildman–Crippen LogP) is 15.0. The van der Waals surface area contributed by atoms with Gasteiger partial charge in [0.15, 0.2) is 5.82 Å². The molecule has 2 aliphatic rings. The van der Waals surface area contributed by atoms with Gasteiger partial charge in [-0.1, -0.05) is 188 Å². The number of pyridine rings is 1. The van der Waals surface area contributed by atoms with Crippen molar-refractivity contribution >= 4 is 38.7 Å². The van der Waals surface area contributed by atoms with E-state index in [4.69, 9.17) is 15.0 Å². The lowest BCUT2D eigenvalue weighted by molar-refractivity contribution is 0.753. The van der Waals surface area contributed by atoms with Crippen LogP contribution in [0.15, 0.2) is 231 Å². The Bertz CT molecular complexity index is 3500. The van der Waals surface area contributed by atoms with Crippen LogP contribution in [0, 0.1) is 0 Å². The van der Waals surface area contributed by atoms with Gasteiger partial charge in [-0.05, 0) is 75.8 Å². The van der Waals surface area contributed by atoms with Crippen molar-refractivity contribution in [1.82, 2.24) is 15.0 Å². The minimum atomic E-state index is -0.597. The van der Waals surface area contributed by atoms with Gasteiger partial charge in [0.2, 0.25) is 0 Å². The molecule has 0 N–H and O–H groups in total. The predicted molar refractivity (Wildman–Crippen MR) is 262 cm³/mol. The van der Waals surface area contributed by atoms with E-state index >= 15 is 0 Å². The third kappa shape index (κ3) is 5.33. The van der Waals surface area contributed by atoms with Crippen LogP contribution in [0.4, 0.5) is 17.1 Å². The zero-order valence-electron chi connectivity index (χ0n) is 34.7. The van der Waals surface area contributed by atoms with Gasteiger partial charge in [-0.15, -0.1) is 0 Å². The lowest BCUT2D eigenvalue weighted by Crippen LogP contribution is -2.36. The highest BCUT2D eigenvalue weighted by Gasteiger charge is 2.52. The van der Waals surface area contributed by atoms with E-state index in [-0.39, 0.29) is 0 Å². The molecule has 3 heterocycles. The number of para-hydroxylation sites is 3. The molecule has 0 amide bonds. The number of hydrogen-bond donors (Lipinski definition) is 0. The Morgan fingerprint density at radius 3 is 1.58 bits per heavy atom. The molecule has 0 saturated heterocycles. The van der Waals surface area contributed by atoms with Gasteiger partial charge in [-0.2, -0.15) is 0 Å². The summed E-state index contributed by atoms with van der Waals surface area (Å²) < 4.78 is 0. The molecule has 2 aromatic heterocycles. The van der Waals surface area contributed by atoms with Crippen molar-refractivity contribution < 1.29 is 0 Å². The Hall–Kier alpha value is -8.47. The molecule has 1 spiro atoms. The first kappa shape index (κ1) is 36.2. The minimum Gasteiger partial charge on any atom is -0.310 e. The summed E-state index contributed by atoms with van der Waals surface area (Å²) in [6, 6.07) is 82.7. The van der Waals surface area contributed by atoms with Crippen LogP contribution >= 0.6 is 0 Å². The molecule has 11 aromatic rings. The van der Waals surface area contributed by atoms with E-state index in [1.165, 1.54) is 50.1 Å². The van der Waals surface area contributed by atoms with Gasteiger partial charge >= 0.3 is 0 Å². The maximum absolute atomic E-state index is 5.50. The van der Waals surface area contributed by atoms with E-state index in [2.05, 4.69) is 211 Å². The highest BCUT2D eigenvalue weighted by atomic mass is 15.2. The second-order valence-electron chi connectivity index (χ2n) is 16.7. The van der Waals surface area contributed by atoms with Gasteiger partial charge in [0.25, 0.3) is 0 Å². The Morgan fingerprint density at radius 2 is 0.906 bits per heavy atom. The minimum absolute atomic E-state index is 0.597. The molecule has 298 valence electrons. The average Bonchev–Trinajstić information content (AvgIpc) is 3.67. The van der Waals surface area contributed by atoms with E-state index in [1.807, 2.05) is 24.3 Å². The lowest BCUT2D eigenvalue weighted by Gasteiger charge is -2.45. The molecule has 0 radical (unpaired) electrons. The third-order valence-electron chi connectivity index (χ3n) is 13.2. The van der Waals surface area contributed by atoms with E-state index in [1.54, 1.807) is 0 Å². The van der Waals surface area contributed by atoms with E-state index in [9.17, 15) is 0 Å². The van der Waals surface area contributed by atoms with Crippen molar-refractivity contribution in [3.63, 3.8) is 0 Å². The van der Waals surface area contributed by atoms with Crippen LogP contribution in [0.2, 0.25) is 0 Å². The number of aromatic nitrogens is 3. The molecule has 1 aliphatic carbocycles. The van der Waals surface area contributed by atoms with Crippen LogP contribution in [-0.2, 0) is 5.41 Å². The maximum Gasteiger partial charge on any atom is 0.160 e. The summed E-state index contributed by atoms with van der Waals surface area (Å²) in [6.45, 7) is 0. The summed E-state index contributed by atoms with van der Waals surface area (Å²) in [5, 5.41) is 3.39. The number of nitrogens with zero attached hydrogens (tertiary/aromatic N) is 4. The zero-order chi connectivity index (χ0) is 42.2. The SMILES string of the molecule is c1ccc(-c2cc(-c3ccc4nc(-c5ccccc5)c5ccc6c(c5c4c3)-c3ccccc3C63c4ccccc4N(c4ccccc4)c4ccccc43)nc(-c3ccccc3)n2)cc1. The first-order chi connectivity index (χ1) is 31.8. The molecule has 4 nitrogen and oxygen atoms in total. The van der Waals surface area contributed by atoms with Crippen LogP contribution < -0.4 is 4.90 Å². The fraction of sp³-hybridized carbons (Fsp3) is 0.0167. The second kappa shape index (κ2) is 14.3. The molecule has 13 rings (SSSR count). The first-order valence-corrected chi connectivity index (χ1v) is 21.9. The van der Waals surface area contributed by atoms with Crippen LogP contribution in [-0.4, -0.2) is 15.0 Å². The Morgan fingerprint density at radius 1 is 0.359 bits per heavy atom. The molecular weight excluding hydrogens is 777 g/mol. The molecule has 4 heteroatoms. The summed E-state index contributed by atoms with van der Waals surface area (Å²) in [5.74, 6) is 0.690. The number of hydrogen-bond acceptors (Lipinski definition) is 4. The molecule has 0 atom stereocenters. The molecule has 0 bridgehead atoms. The van der Waals surface area contributed by atoms with E-state index in [0.29, 0.717) is 5.82 Å². The van der Waals surface area contributed by atoms with Crippen LogP contribution in [0.3, 0.4) is 0 Å². The number of fused-ring (bicyclic) bond motifs is 13. The average molecular weight is 815 g/mol. The molecule has 0 saturated carbocycles. The van der Waals surface area contributed by atoms with Crippen LogP contribution in [0.1, 0.15) is 22.3 Å². The van der Waals surface area contributed by atoms with Crippen molar-refractivity contribution in [2.75, 3.05) is 4.90 Å². The van der Waals surface area contributed by atoms with Crippen LogP contribution in [0.5, 0.6) is 0 Å². The fourth-order valence-electron chi connectivity index (χ4n) is 10.6. The van der Waals surface area contributed by atoms with Crippen molar-refractivity contribution in [3.05, 3.63) is 253 Å². The van der Waals surface area contributed by atoms with Crippen molar-refractivity contribution in [2.45, 2.75) is 5.41 Å². The van der Waals surface area contributed by atoms with Crippen LogP contribution in [0.25, 0.3) is 78.0 Å². The third-order valence-corrected chi connectivity index (χ3v) is 13.2. The van der Waals surface area contributed by atoms with Crippen molar-refractivity contribution in [3.8, 4) is 56.3 Å². The summed E-state index contributed by atoms with van der Waals surface area (Å²) >= 11 is 0. The number of benzene rings is 9. The van der Waals surface area contributed by atoms with Gasteiger partial charge in [0.1, 0.15) is 0 Å². The monoisotopic (exact) mass is 814 g/mol. The van der Waals surface area contributed by atoms with Gasteiger partial charge in [-0.3, -0.25) is 0 Å². The fourth-order valence-corrected chi connectivity index (χ4v) is 10.6. The zero-order valence-corrected chi connectivity index (χ0v) is 34.7. The van der Waals surface area contributed by atoms with E-state index < -0.39 is 5.41 Å². The Balaban J connectivity index is 1.14. The number of rotatable bonds is 5. The summed E-state index contributed by atoms with van der Waals surface area (Å²) in [6.07, 6.45) is 0. The molecule has 9 aromatic carbocycles. The number of anilines is 3. The quantitative estimate of drug-likeness (QED) is 0.162.